The molecule has 0 spiro atoms. The molecule has 140 valence electrons. The van der Waals surface area contributed by atoms with Crippen molar-refractivity contribution in [2.45, 2.75) is 32.2 Å². The highest BCUT2D eigenvalue weighted by Gasteiger charge is 2.24. The molecule has 1 fully saturated rings. The third-order valence-corrected chi connectivity index (χ3v) is 4.64. The molecule has 1 aromatic carbocycles. The molecular weight excluding hydrogens is 332 g/mol. The molecule has 3 rings (SSSR count). The van der Waals surface area contributed by atoms with Gasteiger partial charge in [0.15, 0.2) is 5.96 Å². The van der Waals surface area contributed by atoms with Crippen molar-refractivity contribution in [2.75, 3.05) is 26.7 Å². The molecule has 1 aromatic heterocycles. The van der Waals surface area contributed by atoms with E-state index >= 15 is 0 Å². The van der Waals surface area contributed by atoms with Crippen LogP contribution in [-0.4, -0.2) is 57.9 Å². The highest BCUT2D eigenvalue weighted by Crippen LogP contribution is 2.26. The average Bonchev–Trinajstić information content (AvgIpc) is 3.21. The number of phenols is 1. The number of methoxy groups -OCH3 is 1. The highest BCUT2D eigenvalue weighted by atomic mass is 16.5. The van der Waals surface area contributed by atoms with E-state index in [1.54, 1.807) is 25.6 Å². The lowest BCUT2D eigenvalue weighted by molar-refractivity contribution is 0.298. The van der Waals surface area contributed by atoms with Crippen LogP contribution in [0, 0.1) is 0 Å². The normalized spacial score (nSPS) is 15.9. The van der Waals surface area contributed by atoms with Crippen molar-refractivity contribution in [2.24, 2.45) is 4.99 Å². The summed E-state index contributed by atoms with van der Waals surface area (Å²) in [7, 11) is 1.61. The summed E-state index contributed by atoms with van der Waals surface area (Å²) in [6.45, 7) is 5.06. The molecule has 1 aliphatic rings. The fourth-order valence-corrected chi connectivity index (χ4v) is 3.18. The molecule has 0 saturated carbocycles. The summed E-state index contributed by atoms with van der Waals surface area (Å²) in [6.07, 6.45) is 3.57. The van der Waals surface area contributed by atoms with Crippen molar-refractivity contribution in [3.8, 4) is 11.5 Å². The lowest BCUT2D eigenvalue weighted by Gasteiger charge is -2.33. The number of likely N-dealkylation sites (tertiary alicyclic amines) is 1. The molecule has 0 atom stereocenters. The van der Waals surface area contributed by atoms with Crippen LogP contribution in [0.2, 0.25) is 0 Å². The Bertz CT molecular complexity index is 723. The molecule has 8 heteroatoms. The van der Waals surface area contributed by atoms with Crippen LogP contribution in [0.5, 0.6) is 11.5 Å². The van der Waals surface area contributed by atoms with Crippen LogP contribution in [-0.2, 0) is 6.54 Å². The van der Waals surface area contributed by atoms with Gasteiger partial charge in [0, 0.05) is 31.1 Å². The zero-order chi connectivity index (χ0) is 18.4. The highest BCUT2D eigenvalue weighted by molar-refractivity contribution is 5.80. The van der Waals surface area contributed by atoms with Gasteiger partial charge in [-0.05, 0) is 38.0 Å². The maximum Gasteiger partial charge on any atom is 0.194 e. The number of guanidine groups is 1. The molecule has 8 nitrogen and oxygen atoms in total. The van der Waals surface area contributed by atoms with E-state index in [1.807, 2.05) is 6.07 Å². The number of aliphatic imine (C=N–C) groups is 1. The molecule has 0 amide bonds. The van der Waals surface area contributed by atoms with E-state index in [1.165, 1.54) is 0 Å². The first kappa shape index (κ1) is 18.0. The fraction of sp³-hybridized carbons (Fsp3) is 0.500. The number of phenolic OH excluding ortho intramolecular Hbond substituents is 1. The Hall–Kier alpha value is -2.77. The van der Waals surface area contributed by atoms with Gasteiger partial charge >= 0.3 is 0 Å². The van der Waals surface area contributed by atoms with Crippen molar-refractivity contribution >= 4 is 5.96 Å². The number of aromatic nitrogens is 3. The Balaban J connectivity index is 1.66. The molecule has 26 heavy (non-hydrogen) atoms. The summed E-state index contributed by atoms with van der Waals surface area (Å²) in [5, 5.41) is 20.3. The lowest BCUT2D eigenvalue weighted by Crippen LogP contribution is -2.45. The molecule has 0 aliphatic carbocycles. The predicted molar refractivity (Wildman–Crippen MR) is 99.4 cm³/mol. The number of aromatic hydroxyl groups is 1. The van der Waals surface area contributed by atoms with Crippen molar-refractivity contribution in [1.29, 1.82) is 0 Å². The van der Waals surface area contributed by atoms with Gasteiger partial charge in [-0.25, -0.2) is 9.98 Å². The minimum Gasteiger partial charge on any atom is -0.508 e. The van der Waals surface area contributed by atoms with E-state index < -0.39 is 0 Å². The number of benzene rings is 1. The molecule has 2 heterocycles. The van der Waals surface area contributed by atoms with Crippen molar-refractivity contribution in [1.82, 2.24) is 25.4 Å². The summed E-state index contributed by atoms with van der Waals surface area (Å²) in [5.41, 5.74) is 0.747. The maximum atomic E-state index is 10.0. The van der Waals surface area contributed by atoms with Crippen molar-refractivity contribution < 1.29 is 9.84 Å². The minimum absolute atomic E-state index is 0.231. The van der Waals surface area contributed by atoms with E-state index in [4.69, 9.17) is 9.73 Å². The number of ether oxygens (including phenoxy) is 1. The number of rotatable bonds is 5. The van der Waals surface area contributed by atoms with Crippen LogP contribution >= 0.6 is 0 Å². The van der Waals surface area contributed by atoms with E-state index in [9.17, 15) is 5.11 Å². The second kappa shape index (κ2) is 8.55. The van der Waals surface area contributed by atoms with Gasteiger partial charge < -0.3 is 20.1 Å². The standard InChI is InChI=1S/C18H26N6O2/c1-3-19-18(20-11-14-10-15(26-2)4-5-16(14)25)24-8-6-13(7-9-24)17-21-12-22-23-17/h4-5,10,12-13,25H,3,6-9,11H2,1-2H3,(H,19,20)(H,21,22,23). The third kappa shape index (κ3) is 4.25. The van der Waals surface area contributed by atoms with Gasteiger partial charge in [-0.15, -0.1) is 0 Å². The van der Waals surface area contributed by atoms with Crippen molar-refractivity contribution in [3.05, 3.63) is 35.9 Å². The number of H-pyrrole nitrogens is 1. The van der Waals surface area contributed by atoms with Crippen LogP contribution in [0.3, 0.4) is 0 Å². The van der Waals surface area contributed by atoms with Gasteiger partial charge in [0.25, 0.3) is 0 Å². The van der Waals surface area contributed by atoms with Gasteiger partial charge in [0.1, 0.15) is 23.7 Å². The van der Waals surface area contributed by atoms with E-state index in [-0.39, 0.29) is 5.75 Å². The fourth-order valence-electron chi connectivity index (χ4n) is 3.18. The summed E-state index contributed by atoms with van der Waals surface area (Å²) < 4.78 is 5.23. The number of aromatic amines is 1. The summed E-state index contributed by atoms with van der Waals surface area (Å²) in [6, 6.07) is 5.19. The Labute approximate surface area is 153 Å². The van der Waals surface area contributed by atoms with E-state index in [0.717, 1.165) is 49.8 Å². The number of hydrogen-bond donors (Lipinski definition) is 3. The molecule has 0 unspecified atom stereocenters. The third-order valence-electron chi connectivity index (χ3n) is 4.64. The molecular formula is C18H26N6O2. The Morgan fingerprint density at radius 3 is 2.88 bits per heavy atom. The minimum atomic E-state index is 0.231. The SMILES string of the molecule is CCNC(=NCc1cc(OC)ccc1O)N1CCC(c2ncn[nH]2)CC1. The molecule has 0 bridgehead atoms. The Kier molecular flexibility index (Phi) is 5.93. The second-order valence-corrected chi connectivity index (χ2v) is 6.30. The summed E-state index contributed by atoms with van der Waals surface area (Å²) >= 11 is 0. The lowest BCUT2D eigenvalue weighted by atomic mass is 9.96. The quantitative estimate of drug-likeness (QED) is 0.557. The van der Waals surface area contributed by atoms with Crippen LogP contribution in [0.15, 0.2) is 29.5 Å². The van der Waals surface area contributed by atoms with Gasteiger partial charge in [-0.2, -0.15) is 5.10 Å². The van der Waals surface area contributed by atoms with Crippen molar-refractivity contribution in [3.63, 3.8) is 0 Å². The van der Waals surface area contributed by atoms with Gasteiger partial charge in [0.05, 0.1) is 13.7 Å². The van der Waals surface area contributed by atoms with Crippen LogP contribution in [0.25, 0.3) is 0 Å². The first-order chi connectivity index (χ1) is 12.7. The first-order valence-electron chi connectivity index (χ1n) is 8.95. The van der Waals surface area contributed by atoms with Crippen LogP contribution in [0.1, 0.15) is 37.1 Å². The van der Waals surface area contributed by atoms with Gasteiger partial charge in [-0.1, -0.05) is 0 Å². The summed E-state index contributed by atoms with van der Waals surface area (Å²) in [5.74, 6) is 3.19. The van der Waals surface area contributed by atoms with E-state index in [2.05, 4.69) is 32.3 Å². The summed E-state index contributed by atoms with van der Waals surface area (Å²) in [4.78, 5) is 11.2. The number of piperidine rings is 1. The topological polar surface area (TPSA) is 98.7 Å². The second-order valence-electron chi connectivity index (χ2n) is 6.30. The monoisotopic (exact) mass is 358 g/mol. The molecule has 1 saturated heterocycles. The Morgan fingerprint density at radius 2 is 2.23 bits per heavy atom. The van der Waals surface area contributed by atoms with Crippen LogP contribution in [0.4, 0.5) is 0 Å². The zero-order valence-electron chi connectivity index (χ0n) is 15.3. The average molecular weight is 358 g/mol. The number of nitrogens with one attached hydrogen (secondary N) is 2. The molecule has 0 radical (unpaired) electrons. The number of hydrogen-bond acceptors (Lipinski definition) is 5. The molecule has 3 N–H and O–H groups in total. The molecule has 1 aliphatic heterocycles. The maximum absolute atomic E-state index is 10.0. The zero-order valence-corrected chi connectivity index (χ0v) is 15.3. The van der Waals surface area contributed by atoms with Crippen LogP contribution < -0.4 is 10.1 Å². The van der Waals surface area contributed by atoms with Gasteiger partial charge in [-0.3, -0.25) is 5.10 Å². The number of nitrogens with zero attached hydrogens (tertiary/aromatic N) is 4. The van der Waals surface area contributed by atoms with E-state index in [0.29, 0.717) is 18.2 Å². The Morgan fingerprint density at radius 1 is 1.42 bits per heavy atom. The van der Waals surface area contributed by atoms with Gasteiger partial charge in [0.2, 0.25) is 0 Å². The largest absolute Gasteiger partial charge is 0.508 e. The predicted octanol–water partition coefficient (Wildman–Crippen LogP) is 1.86. The molecule has 2 aromatic rings. The first-order valence-corrected chi connectivity index (χ1v) is 8.95. The smallest absolute Gasteiger partial charge is 0.194 e.